The van der Waals surface area contributed by atoms with Gasteiger partial charge in [0.15, 0.2) is 4.83 Å². The molecule has 1 amide bonds. The number of amides is 1. The largest absolute Gasteiger partial charge is 0.324 e. The van der Waals surface area contributed by atoms with Crippen molar-refractivity contribution in [1.82, 2.24) is 15.0 Å². The van der Waals surface area contributed by atoms with Crippen molar-refractivity contribution < 1.29 is 4.79 Å². The Morgan fingerprint density at radius 3 is 2.92 bits per heavy atom. The molecule has 0 atom stereocenters. The fourth-order valence-corrected chi connectivity index (χ4v) is 4.62. The molecule has 0 radical (unpaired) electrons. The van der Waals surface area contributed by atoms with Gasteiger partial charge in [-0.05, 0) is 62.3 Å². The summed E-state index contributed by atoms with van der Waals surface area (Å²) in [5.74, 6) is -0.279. The molecule has 0 unspecified atom stereocenters. The zero-order valence-corrected chi connectivity index (χ0v) is 15.7. The van der Waals surface area contributed by atoms with Crippen molar-refractivity contribution in [2.45, 2.75) is 46.1 Å². The Bertz CT molecular complexity index is 1070. The van der Waals surface area contributed by atoms with Crippen LogP contribution in [0.4, 0.5) is 5.69 Å². The first kappa shape index (κ1) is 16.9. The van der Waals surface area contributed by atoms with E-state index in [4.69, 9.17) is 0 Å². The summed E-state index contributed by atoms with van der Waals surface area (Å²) in [6.45, 7) is 3.81. The molecular formula is C19H20N4O2S. The van der Waals surface area contributed by atoms with Crippen LogP contribution < -0.4 is 10.9 Å². The molecule has 2 heterocycles. The highest BCUT2D eigenvalue weighted by molar-refractivity contribution is 7.18. The van der Waals surface area contributed by atoms with E-state index in [2.05, 4.69) is 15.6 Å². The minimum Gasteiger partial charge on any atom is -0.324 e. The van der Waals surface area contributed by atoms with E-state index in [1.807, 2.05) is 32.0 Å². The Morgan fingerprint density at radius 1 is 1.27 bits per heavy atom. The summed E-state index contributed by atoms with van der Waals surface area (Å²) in [6, 6.07) is 5.75. The molecule has 6 nitrogen and oxygen atoms in total. The van der Waals surface area contributed by atoms with Crippen LogP contribution in [0.3, 0.4) is 0 Å². The number of benzene rings is 1. The topological polar surface area (TPSA) is 76.9 Å². The van der Waals surface area contributed by atoms with Gasteiger partial charge in [0.1, 0.15) is 6.54 Å². The zero-order chi connectivity index (χ0) is 18.3. The third-order valence-electron chi connectivity index (χ3n) is 5.02. The highest BCUT2D eigenvalue weighted by atomic mass is 32.1. The lowest BCUT2D eigenvalue weighted by atomic mass is 9.97. The number of aromatic nitrogens is 3. The van der Waals surface area contributed by atoms with E-state index in [0.29, 0.717) is 10.2 Å². The van der Waals surface area contributed by atoms with Crippen molar-refractivity contribution >= 4 is 33.1 Å². The van der Waals surface area contributed by atoms with E-state index in [9.17, 15) is 9.59 Å². The standard InChI is InChI=1S/C19H20N4O2S/c1-11-6-5-8-14(12(11)2)20-16(24)10-23-19(25)17-13-7-3-4-9-15(13)26-18(17)21-22-23/h5-6,8H,3-4,7,9-10H2,1-2H3,(H,20,24). The van der Waals surface area contributed by atoms with Gasteiger partial charge in [0.25, 0.3) is 5.56 Å². The second-order valence-corrected chi connectivity index (χ2v) is 7.82. The molecule has 4 rings (SSSR count). The van der Waals surface area contributed by atoms with Crippen molar-refractivity contribution in [2.75, 3.05) is 5.32 Å². The van der Waals surface area contributed by atoms with Crippen molar-refractivity contribution in [3.05, 3.63) is 50.1 Å². The summed E-state index contributed by atoms with van der Waals surface area (Å²) in [5, 5.41) is 11.7. The number of fused-ring (bicyclic) bond motifs is 3. The molecule has 2 aromatic heterocycles. The van der Waals surface area contributed by atoms with Gasteiger partial charge in [-0.3, -0.25) is 9.59 Å². The van der Waals surface area contributed by atoms with Gasteiger partial charge in [0.05, 0.1) is 5.39 Å². The lowest BCUT2D eigenvalue weighted by Gasteiger charge is -2.11. The number of carbonyl (C=O) groups excluding carboxylic acids is 1. The molecular weight excluding hydrogens is 348 g/mol. The van der Waals surface area contributed by atoms with Crippen LogP contribution >= 0.6 is 11.3 Å². The van der Waals surface area contributed by atoms with Crippen LogP contribution in [0.25, 0.3) is 10.2 Å². The number of rotatable bonds is 3. The minimum absolute atomic E-state index is 0.139. The highest BCUT2D eigenvalue weighted by Crippen LogP contribution is 2.33. The van der Waals surface area contributed by atoms with E-state index in [1.54, 1.807) is 11.3 Å². The maximum absolute atomic E-state index is 12.9. The Kier molecular flexibility index (Phi) is 4.32. The maximum atomic E-state index is 12.9. The molecule has 1 aliphatic carbocycles. The Labute approximate surface area is 154 Å². The summed E-state index contributed by atoms with van der Waals surface area (Å²) in [4.78, 5) is 27.2. The summed E-state index contributed by atoms with van der Waals surface area (Å²) in [6.07, 6.45) is 4.15. The third kappa shape index (κ3) is 2.92. The molecule has 0 bridgehead atoms. The molecule has 0 spiro atoms. The zero-order valence-electron chi connectivity index (χ0n) is 14.8. The minimum atomic E-state index is -0.279. The number of hydrogen-bond acceptors (Lipinski definition) is 5. The van der Waals surface area contributed by atoms with Crippen LogP contribution in [0.5, 0.6) is 0 Å². The molecule has 1 aliphatic rings. The molecule has 0 aliphatic heterocycles. The first-order chi connectivity index (χ1) is 12.5. The van der Waals surface area contributed by atoms with Gasteiger partial charge in [0, 0.05) is 10.6 Å². The number of thiophene rings is 1. The van der Waals surface area contributed by atoms with Gasteiger partial charge >= 0.3 is 0 Å². The van der Waals surface area contributed by atoms with Gasteiger partial charge in [-0.15, -0.1) is 16.4 Å². The van der Waals surface area contributed by atoms with Crippen LogP contribution in [-0.2, 0) is 24.2 Å². The Morgan fingerprint density at radius 2 is 2.08 bits per heavy atom. The molecule has 7 heteroatoms. The van der Waals surface area contributed by atoms with Gasteiger partial charge < -0.3 is 5.32 Å². The van der Waals surface area contributed by atoms with Gasteiger partial charge in [0.2, 0.25) is 5.91 Å². The van der Waals surface area contributed by atoms with E-state index in [0.717, 1.165) is 48.1 Å². The van der Waals surface area contributed by atoms with Crippen LogP contribution in [0.2, 0.25) is 0 Å². The van der Waals surface area contributed by atoms with E-state index in [1.165, 1.54) is 9.56 Å². The summed E-state index contributed by atoms with van der Waals surface area (Å²) >= 11 is 1.56. The summed E-state index contributed by atoms with van der Waals surface area (Å²) in [7, 11) is 0. The number of nitrogens with one attached hydrogen (secondary N) is 1. The van der Waals surface area contributed by atoms with Crippen molar-refractivity contribution in [3.8, 4) is 0 Å². The summed E-state index contributed by atoms with van der Waals surface area (Å²) < 4.78 is 1.17. The lowest BCUT2D eigenvalue weighted by molar-refractivity contribution is -0.117. The molecule has 1 N–H and O–H groups in total. The average Bonchev–Trinajstić information content (AvgIpc) is 3.01. The van der Waals surface area contributed by atoms with Gasteiger partial charge in [-0.1, -0.05) is 17.3 Å². The Balaban J connectivity index is 1.63. The van der Waals surface area contributed by atoms with Gasteiger partial charge in [-0.25, -0.2) is 4.68 Å². The maximum Gasteiger partial charge on any atom is 0.279 e. The number of nitrogens with zero attached hydrogens (tertiary/aromatic N) is 3. The number of anilines is 1. The van der Waals surface area contributed by atoms with Crippen LogP contribution in [0.15, 0.2) is 23.0 Å². The predicted molar refractivity (Wildman–Crippen MR) is 103 cm³/mol. The van der Waals surface area contributed by atoms with E-state index < -0.39 is 0 Å². The second-order valence-electron chi connectivity index (χ2n) is 6.74. The van der Waals surface area contributed by atoms with Crippen molar-refractivity contribution in [3.63, 3.8) is 0 Å². The highest BCUT2D eigenvalue weighted by Gasteiger charge is 2.21. The number of aryl methyl sites for hydroxylation is 3. The second kappa shape index (κ2) is 6.64. The Hall–Kier alpha value is -2.54. The summed E-state index contributed by atoms with van der Waals surface area (Å²) in [5.41, 5.74) is 3.77. The smallest absolute Gasteiger partial charge is 0.279 e. The first-order valence-corrected chi connectivity index (χ1v) is 9.60. The molecule has 0 fully saturated rings. The number of carbonyl (C=O) groups is 1. The SMILES string of the molecule is Cc1cccc(NC(=O)Cn2nnc3sc4c(c3c2=O)CCCC4)c1C. The predicted octanol–water partition coefficient (Wildman–Crippen LogP) is 2.99. The van der Waals surface area contributed by atoms with Crippen LogP contribution in [-0.4, -0.2) is 20.9 Å². The van der Waals surface area contributed by atoms with Crippen LogP contribution in [0.1, 0.15) is 34.4 Å². The fourth-order valence-electron chi connectivity index (χ4n) is 3.42. The molecule has 134 valence electrons. The van der Waals surface area contributed by atoms with E-state index >= 15 is 0 Å². The molecule has 26 heavy (non-hydrogen) atoms. The van der Waals surface area contributed by atoms with Crippen LogP contribution in [0, 0.1) is 13.8 Å². The normalized spacial score (nSPS) is 13.6. The lowest BCUT2D eigenvalue weighted by Crippen LogP contribution is -2.30. The molecule has 0 saturated heterocycles. The number of hydrogen-bond donors (Lipinski definition) is 1. The van der Waals surface area contributed by atoms with E-state index in [-0.39, 0.29) is 18.0 Å². The fraction of sp³-hybridized carbons (Fsp3) is 0.368. The molecule has 3 aromatic rings. The first-order valence-electron chi connectivity index (χ1n) is 8.78. The van der Waals surface area contributed by atoms with Gasteiger partial charge in [-0.2, -0.15) is 0 Å². The molecule has 0 saturated carbocycles. The van der Waals surface area contributed by atoms with Crippen molar-refractivity contribution in [2.24, 2.45) is 0 Å². The monoisotopic (exact) mass is 368 g/mol. The molecule has 1 aromatic carbocycles. The quantitative estimate of drug-likeness (QED) is 0.771. The third-order valence-corrected chi connectivity index (χ3v) is 6.19. The average molecular weight is 368 g/mol. The van der Waals surface area contributed by atoms with Crippen molar-refractivity contribution in [1.29, 1.82) is 0 Å².